The fraction of sp³-hybridized carbons (Fsp3) is 0.600. The van der Waals surface area contributed by atoms with Crippen molar-refractivity contribution in [1.29, 1.82) is 0 Å². The number of methoxy groups -OCH3 is 1. The molecule has 0 aliphatic carbocycles. The number of ether oxygens (including phenoxy) is 1. The Morgan fingerprint density at radius 1 is 1.40 bits per heavy atom. The van der Waals surface area contributed by atoms with Gasteiger partial charge in [-0.05, 0) is 24.1 Å². The topological polar surface area (TPSA) is 44.7 Å². The second kappa shape index (κ2) is 7.16. The number of phenolic OH excluding ortho intramolecular Hbond substituents is 1. The van der Waals surface area contributed by atoms with E-state index in [2.05, 4.69) is 17.1 Å². The fourth-order valence-electron chi connectivity index (χ4n) is 2.77. The largest absolute Gasteiger partial charge is 0.503 e. The highest BCUT2D eigenvalue weighted by Crippen LogP contribution is 2.39. The van der Waals surface area contributed by atoms with Crippen molar-refractivity contribution in [3.05, 3.63) is 22.7 Å². The molecule has 0 amide bonds. The molecule has 2 N–H and O–H groups in total. The molecule has 1 aliphatic heterocycles. The van der Waals surface area contributed by atoms with E-state index >= 15 is 0 Å². The quantitative estimate of drug-likeness (QED) is 0.877. The third kappa shape index (κ3) is 3.37. The minimum Gasteiger partial charge on any atom is -0.503 e. The summed E-state index contributed by atoms with van der Waals surface area (Å²) in [6.07, 6.45) is 2.18. The van der Waals surface area contributed by atoms with Gasteiger partial charge in [0, 0.05) is 32.2 Å². The lowest BCUT2D eigenvalue weighted by Crippen LogP contribution is -2.45. The Kier molecular flexibility index (Phi) is 5.52. The highest BCUT2D eigenvalue weighted by molar-refractivity contribution is 6.32. The van der Waals surface area contributed by atoms with Gasteiger partial charge in [-0.25, -0.2) is 0 Å². The summed E-state index contributed by atoms with van der Waals surface area (Å²) < 4.78 is 5.22. The molecular formula is C15H23ClN2O2. The molecule has 112 valence electrons. The van der Waals surface area contributed by atoms with Gasteiger partial charge in [0.25, 0.3) is 0 Å². The Morgan fingerprint density at radius 2 is 2.10 bits per heavy atom. The van der Waals surface area contributed by atoms with Crippen LogP contribution in [0.1, 0.15) is 31.4 Å². The molecule has 0 aromatic heterocycles. The molecule has 0 radical (unpaired) electrons. The molecule has 0 saturated carbocycles. The van der Waals surface area contributed by atoms with E-state index in [0.29, 0.717) is 16.8 Å². The monoisotopic (exact) mass is 298 g/mol. The van der Waals surface area contributed by atoms with Crippen molar-refractivity contribution in [2.45, 2.75) is 25.8 Å². The van der Waals surface area contributed by atoms with Crippen LogP contribution in [0.5, 0.6) is 11.5 Å². The zero-order valence-electron chi connectivity index (χ0n) is 12.2. The first-order valence-corrected chi connectivity index (χ1v) is 7.56. The van der Waals surface area contributed by atoms with Crippen molar-refractivity contribution in [2.24, 2.45) is 0 Å². The second-order valence-corrected chi connectivity index (χ2v) is 5.55. The molecule has 1 aromatic carbocycles. The summed E-state index contributed by atoms with van der Waals surface area (Å²) in [5.74, 6) is 0.470. The predicted octanol–water partition coefficient (Wildman–Crippen LogP) is 2.80. The molecule has 0 bridgehead atoms. The Labute approximate surface area is 125 Å². The Bertz CT molecular complexity index is 448. The number of piperazine rings is 1. The summed E-state index contributed by atoms with van der Waals surface area (Å²) in [7, 11) is 1.55. The van der Waals surface area contributed by atoms with Gasteiger partial charge in [0.1, 0.15) is 0 Å². The molecule has 5 heteroatoms. The number of phenols is 1. The average molecular weight is 299 g/mol. The van der Waals surface area contributed by atoms with Gasteiger partial charge >= 0.3 is 0 Å². The zero-order chi connectivity index (χ0) is 14.5. The standard InChI is InChI=1S/C15H23ClN2O2/c1-3-4-13(18-7-5-17-6-8-18)11-9-12(16)15(19)14(10-11)20-2/h9-10,13,17,19H,3-8H2,1-2H3/t13-/m0/s1. The lowest BCUT2D eigenvalue weighted by atomic mass is 9.99. The van der Waals surface area contributed by atoms with Crippen molar-refractivity contribution < 1.29 is 9.84 Å². The summed E-state index contributed by atoms with van der Waals surface area (Å²) in [6, 6.07) is 4.10. The maximum atomic E-state index is 9.86. The number of hydrogen-bond donors (Lipinski definition) is 2. The van der Waals surface area contributed by atoms with E-state index in [1.807, 2.05) is 12.1 Å². The van der Waals surface area contributed by atoms with Crippen molar-refractivity contribution in [2.75, 3.05) is 33.3 Å². The lowest BCUT2D eigenvalue weighted by Gasteiger charge is -2.35. The van der Waals surface area contributed by atoms with Gasteiger partial charge in [0.2, 0.25) is 0 Å². The van der Waals surface area contributed by atoms with Crippen LogP contribution in [-0.4, -0.2) is 43.3 Å². The van der Waals surface area contributed by atoms with E-state index < -0.39 is 0 Å². The highest BCUT2D eigenvalue weighted by Gasteiger charge is 2.23. The minimum absolute atomic E-state index is 0.0217. The van der Waals surface area contributed by atoms with Gasteiger partial charge in [0.15, 0.2) is 11.5 Å². The van der Waals surface area contributed by atoms with Gasteiger partial charge in [-0.1, -0.05) is 24.9 Å². The van der Waals surface area contributed by atoms with Crippen LogP contribution >= 0.6 is 11.6 Å². The van der Waals surface area contributed by atoms with Crippen molar-refractivity contribution in [3.8, 4) is 11.5 Å². The molecule has 1 saturated heterocycles. The van der Waals surface area contributed by atoms with E-state index in [9.17, 15) is 5.11 Å². The van der Waals surface area contributed by atoms with Crippen LogP contribution in [0.4, 0.5) is 0 Å². The summed E-state index contributed by atoms with van der Waals surface area (Å²) in [6.45, 7) is 6.29. The maximum absolute atomic E-state index is 9.86. The van der Waals surface area contributed by atoms with Crippen molar-refractivity contribution in [1.82, 2.24) is 10.2 Å². The summed E-state index contributed by atoms with van der Waals surface area (Å²) in [4.78, 5) is 2.47. The molecule has 0 spiro atoms. The Morgan fingerprint density at radius 3 is 2.70 bits per heavy atom. The summed E-state index contributed by atoms with van der Waals surface area (Å²) >= 11 is 6.12. The van der Waals surface area contributed by atoms with Gasteiger partial charge < -0.3 is 15.2 Å². The van der Waals surface area contributed by atoms with E-state index in [4.69, 9.17) is 16.3 Å². The van der Waals surface area contributed by atoms with Crippen molar-refractivity contribution >= 4 is 11.6 Å². The third-order valence-corrected chi connectivity index (χ3v) is 4.10. The molecule has 4 nitrogen and oxygen atoms in total. The van der Waals surface area contributed by atoms with E-state index in [0.717, 1.165) is 44.6 Å². The van der Waals surface area contributed by atoms with E-state index in [1.54, 1.807) is 7.11 Å². The van der Waals surface area contributed by atoms with Crippen LogP contribution in [0, 0.1) is 0 Å². The smallest absolute Gasteiger partial charge is 0.176 e. The molecule has 1 fully saturated rings. The second-order valence-electron chi connectivity index (χ2n) is 5.14. The third-order valence-electron chi connectivity index (χ3n) is 3.81. The summed E-state index contributed by atoms with van der Waals surface area (Å²) in [5.41, 5.74) is 1.12. The molecule has 1 aliphatic rings. The zero-order valence-corrected chi connectivity index (χ0v) is 12.9. The minimum atomic E-state index is 0.0217. The first kappa shape index (κ1) is 15.4. The molecule has 1 heterocycles. The number of halogens is 1. The first-order chi connectivity index (χ1) is 9.67. The van der Waals surface area contributed by atoms with E-state index in [-0.39, 0.29) is 5.75 Å². The van der Waals surface area contributed by atoms with Crippen molar-refractivity contribution in [3.63, 3.8) is 0 Å². The number of aromatic hydroxyl groups is 1. The summed E-state index contributed by atoms with van der Waals surface area (Å²) in [5, 5.41) is 13.6. The normalized spacial score (nSPS) is 17.9. The number of benzene rings is 1. The Balaban J connectivity index is 2.30. The molecule has 20 heavy (non-hydrogen) atoms. The molecular weight excluding hydrogens is 276 g/mol. The maximum Gasteiger partial charge on any atom is 0.176 e. The number of nitrogens with one attached hydrogen (secondary N) is 1. The SMILES string of the molecule is CCC[C@@H](c1cc(Cl)c(O)c(OC)c1)N1CCNCC1. The lowest BCUT2D eigenvalue weighted by molar-refractivity contribution is 0.164. The van der Waals surface area contributed by atoms with Gasteiger partial charge in [-0.2, -0.15) is 0 Å². The Hall–Kier alpha value is -0.970. The van der Waals surface area contributed by atoms with Crippen LogP contribution in [0.25, 0.3) is 0 Å². The molecule has 0 unspecified atom stereocenters. The first-order valence-electron chi connectivity index (χ1n) is 7.18. The fourth-order valence-corrected chi connectivity index (χ4v) is 2.99. The number of rotatable bonds is 5. The van der Waals surface area contributed by atoms with Crippen LogP contribution in [-0.2, 0) is 0 Å². The van der Waals surface area contributed by atoms with Crippen LogP contribution in [0.3, 0.4) is 0 Å². The molecule has 1 atom stereocenters. The van der Waals surface area contributed by atoms with Crippen LogP contribution in [0.15, 0.2) is 12.1 Å². The van der Waals surface area contributed by atoms with E-state index in [1.165, 1.54) is 0 Å². The van der Waals surface area contributed by atoms with Crippen LogP contribution < -0.4 is 10.1 Å². The van der Waals surface area contributed by atoms with Gasteiger partial charge in [0.05, 0.1) is 12.1 Å². The molecule has 1 aromatic rings. The van der Waals surface area contributed by atoms with Gasteiger partial charge in [-0.15, -0.1) is 0 Å². The number of nitrogens with zero attached hydrogens (tertiary/aromatic N) is 1. The highest BCUT2D eigenvalue weighted by atomic mass is 35.5. The average Bonchev–Trinajstić information content (AvgIpc) is 2.48. The molecule has 2 rings (SSSR count). The predicted molar refractivity (Wildman–Crippen MR) is 81.8 cm³/mol. The number of hydrogen-bond acceptors (Lipinski definition) is 4. The van der Waals surface area contributed by atoms with Crippen LogP contribution in [0.2, 0.25) is 5.02 Å². The van der Waals surface area contributed by atoms with Gasteiger partial charge in [-0.3, -0.25) is 4.90 Å².